The van der Waals surface area contributed by atoms with Crippen LogP contribution in [0.2, 0.25) is 0 Å². The summed E-state index contributed by atoms with van der Waals surface area (Å²) in [5, 5.41) is 2.05. The topological polar surface area (TPSA) is 46.3 Å². The number of hydrogen-bond donors (Lipinski definition) is 1. The molecule has 1 aromatic heterocycles. The lowest BCUT2D eigenvalue weighted by atomic mass is 9.94. The van der Waals surface area contributed by atoms with E-state index in [-0.39, 0.29) is 5.78 Å². The normalized spacial score (nSPS) is 19.4. The number of Topliss-reactive ketones (excluding diaryl/α,β-unsaturated/α-hetero) is 1. The number of nitrogens with two attached hydrogens (primary N) is 1. The molecule has 2 aromatic carbocycles. The van der Waals surface area contributed by atoms with Gasteiger partial charge in [0.2, 0.25) is 0 Å². The van der Waals surface area contributed by atoms with Crippen LogP contribution < -0.4 is 5.73 Å². The van der Waals surface area contributed by atoms with Crippen molar-refractivity contribution in [2.75, 3.05) is 18.8 Å². The molecule has 3 aromatic rings. The van der Waals surface area contributed by atoms with Crippen LogP contribution in [-0.4, -0.2) is 29.8 Å². The van der Waals surface area contributed by atoms with Crippen molar-refractivity contribution in [3.05, 3.63) is 71.3 Å². The Kier molecular flexibility index (Phi) is 6.42. The van der Waals surface area contributed by atoms with E-state index in [0.717, 1.165) is 41.8 Å². The number of piperidine rings is 1. The second-order valence-electron chi connectivity index (χ2n) is 9.23. The molecule has 2 N–H and O–H groups in total. The van der Waals surface area contributed by atoms with Crippen LogP contribution in [0.1, 0.15) is 66.4 Å². The summed E-state index contributed by atoms with van der Waals surface area (Å²) < 4.78 is 1.18. The number of allylic oxidation sites excluding steroid dienone is 1. The lowest BCUT2D eigenvalue weighted by Gasteiger charge is -2.33. The first kappa shape index (κ1) is 21.4. The minimum absolute atomic E-state index is 0.227. The number of anilines is 1. The maximum Gasteiger partial charge on any atom is 0.162 e. The SMILES string of the molecule is Nc1sc2ccc(C(=O)CCCc3ccccc3)cc2c1C1=CCN2CCCCC2CC1. The Bertz CT molecular complexity index is 1130. The second kappa shape index (κ2) is 9.60. The van der Waals surface area contributed by atoms with Gasteiger partial charge in [0, 0.05) is 40.2 Å². The van der Waals surface area contributed by atoms with Crippen molar-refractivity contribution in [1.29, 1.82) is 0 Å². The van der Waals surface area contributed by atoms with Gasteiger partial charge in [-0.3, -0.25) is 9.69 Å². The van der Waals surface area contributed by atoms with Crippen molar-refractivity contribution in [3.63, 3.8) is 0 Å². The Morgan fingerprint density at radius 1 is 1.09 bits per heavy atom. The van der Waals surface area contributed by atoms with E-state index in [1.807, 2.05) is 12.1 Å². The third-order valence-corrected chi connectivity index (χ3v) is 8.14. The van der Waals surface area contributed by atoms with Gasteiger partial charge in [-0.2, -0.15) is 0 Å². The third-order valence-electron chi connectivity index (χ3n) is 7.14. The number of thiophene rings is 1. The van der Waals surface area contributed by atoms with Crippen LogP contribution in [0.15, 0.2) is 54.6 Å². The van der Waals surface area contributed by atoms with E-state index in [1.54, 1.807) is 11.3 Å². The molecule has 1 unspecified atom stereocenters. The Balaban J connectivity index is 1.35. The van der Waals surface area contributed by atoms with Crippen LogP contribution in [0.4, 0.5) is 5.00 Å². The summed E-state index contributed by atoms with van der Waals surface area (Å²) in [5.74, 6) is 0.227. The Morgan fingerprint density at radius 3 is 2.84 bits per heavy atom. The van der Waals surface area contributed by atoms with Crippen LogP contribution in [0.25, 0.3) is 15.7 Å². The number of rotatable bonds is 6. The van der Waals surface area contributed by atoms with Crippen LogP contribution in [0, 0.1) is 0 Å². The maximum atomic E-state index is 12.9. The van der Waals surface area contributed by atoms with E-state index >= 15 is 0 Å². The summed E-state index contributed by atoms with van der Waals surface area (Å²) in [4.78, 5) is 15.6. The van der Waals surface area contributed by atoms with Gasteiger partial charge in [0.25, 0.3) is 0 Å². The highest BCUT2D eigenvalue weighted by atomic mass is 32.1. The predicted octanol–water partition coefficient (Wildman–Crippen LogP) is 6.72. The number of carbonyl (C=O) groups is 1. The van der Waals surface area contributed by atoms with E-state index in [2.05, 4.69) is 47.4 Å². The number of aryl methyl sites for hydroxylation is 1. The molecule has 0 aliphatic carbocycles. The van der Waals surface area contributed by atoms with Gasteiger partial charge in [0.05, 0.1) is 5.00 Å². The van der Waals surface area contributed by atoms with Gasteiger partial charge >= 0.3 is 0 Å². The Labute approximate surface area is 194 Å². The molecule has 0 radical (unpaired) electrons. The lowest BCUT2D eigenvalue weighted by Crippen LogP contribution is -2.38. The fourth-order valence-electron chi connectivity index (χ4n) is 5.37. The summed E-state index contributed by atoms with van der Waals surface area (Å²) in [6.45, 7) is 2.24. The van der Waals surface area contributed by atoms with Gasteiger partial charge in [-0.25, -0.2) is 0 Å². The fraction of sp³-hybridized carbons (Fsp3) is 0.393. The van der Waals surface area contributed by atoms with Gasteiger partial charge in [-0.1, -0.05) is 42.8 Å². The summed E-state index contributed by atoms with van der Waals surface area (Å²) in [7, 11) is 0. The van der Waals surface area contributed by atoms with Crippen LogP contribution in [-0.2, 0) is 6.42 Å². The number of carbonyl (C=O) groups excluding carboxylic acids is 1. The molecular weight excluding hydrogens is 412 g/mol. The summed E-state index contributed by atoms with van der Waals surface area (Å²) >= 11 is 1.65. The van der Waals surface area contributed by atoms with Crippen LogP contribution in [0.5, 0.6) is 0 Å². The highest BCUT2D eigenvalue weighted by Crippen LogP contribution is 2.41. The fourth-order valence-corrected chi connectivity index (χ4v) is 6.36. The first-order valence-corrected chi connectivity index (χ1v) is 12.8. The zero-order valence-electron chi connectivity index (χ0n) is 18.7. The smallest absolute Gasteiger partial charge is 0.162 e. The number of benzene rings is 2. The summed E-state index contributed by atoms with van der Waals surface area (Å²) in [5.41, 5.74) is 11.2. The quantitative estimate of drug-likeness (QED) is 0.429. The van der Waals surface area contributed by atoms with E-state index < -0.39 is 0 Å². The molecule has 3 nitrogen and oxygen atoms in total. The number of ketones is 1. The van der Waals surface area contributed by atoms with Crippen molar-refractivity contribution in [1.82, 2.24) is 4.90 Å². The molecule has 2 aliphatic heterocycles. The minimum atomic E-state index is 0.227. The van der Waals surface area contributed by atoms with E-state index in [1.165, 1.54) is 53.6 Å². The minimum Gasteiger partial charge on any atom is -0.390 e. The molecule has 5 rings (SSSR count). The number of nitrogen functional groups attached to an aromatic ring is 1. The molecule has 4 heteroatoms. The van der Waals surface area contributed by atoms with Crippen molar-refractivity contribution in [3.8, 4) is 0 Å². The molecule has 0 amide bonds. The molecule has 1 saturated heterocycles. The highest BCUT2D eigenvalue weighted by molar-refractivity contribution is 7.23. The molecule has 1 fully saturated rings. The van der Waals surface area contributed by atoms with Crippen molar-refractivity contribution < 1.29 is 4.79 Å². The van der Waals surface area contributed by atoms with Crippen molar-refractivity contribution in [2.24, 2.45) is 0 Å². The molecule has 1 atom stereocenters. The van der Waals surface area contributed by atoms with Gasteiger partial charge in [0.15, 0.2) is 5.78 Å². The van der Waals surface area contributed by atoms with Gasteiger partial charge in [0.1, 0.15) is 0 Å². The predicted molar refractivity (Wildman–Crippen MR) is 136 cm³/mol. The molecule has 0 spiro atoms. The van der Waals surface area contributed by atoms with Crippen LogP contribution in [0.3, 0.4) is 0 Å². The van der Waals surface area contributed by atoms with Crippen LogP contribution >= 0.6 is 11.3 Å². The summed E-state index contributed by atoms with van der Waals surface area (Å²) in [6, 6.07) is 17.3. The van der Waals surface area contributed by atoms with E-state index in [0.29, 0.717) is 12.5 Å². The van der Waals surface area contributed by atoms with Crippen molar-refractivity contribution in [2.45, 2.75) is 57.4 Å². The molecular formula is C28H32N2OS. The second-order valence-corrected chi connectivity index (χ2v) is 10.3. The molecule has 0 bridgehead atoms. The lowest BCUT2D eigenvalue weighted by molar-refractivity contribution is 0.0980. The molecule has 0 saturated carbocycles. The van der Waals surface area contributed by atoms with Gasteiger partial charge < -0.3 is 5.73 Å². The average Bonchev–Trinajstić information content (AvgIpc) is 3.00. The zero-order valence-corrected chi connectivity index (χ0v) is 19.5. The number of hydrogen-bond acceptors (Lipinski definition) is 4. The molecule has 32 heavy (non-hydrogen) atoms. The number of fused-ring (bicyclic) bond motifs is 2. The maximum absolute atomic E-state index is 12.9. The van der Waals surface area contributed by atoms with Crippen molar-refractivity contribution >= 4 is 37.8 Å². The standard InChI is InChI=1S/C28H32N2OS/c29-28-27(21-12-14-23-10-4-5-17-30(23)18-16-21)24-19-22(13-15-26(24)32-28)25(31)11-6-9-20-7-2-1-3-8-20/h1-3,7-8,13,15-16,19,23H,4-6,9-12,14,17-18,29H2. The van der Waals surface area contributed by atoms with Gasteiger partial charge in [-0.05, 0) is 74.4 Å². The van der Waals surface area contributed by atoms with E-state index in [9.17, 15) is 4.79 Å². The summed E-state index contributed by atoms with van der Waals surface area (Å²) in [6.07, 6.45) is 11.1. The molecule has 2 aliphatic rings. The largest absolute Gasteiger partial charge is 0.390 e. The van der Waals surface area contributed by atoms with Gasteiger partial charge in [-0.15, -0.1) is 11.3 Å². The third kappa shape index (κ3) is 4.53. The Morgan fingerprint density at radius 2 is 1.97 bits per heavy atom. The zero-order chi connectivity index (χ0) is 21.9. The monoisotopic (exact) mass is 444 g/mol. The first-order chi connectivity index (χ1) is 15.7. The highest BCUT2D eigenvalue weighted by Gasteiger charge is 2.26. The number of nitrogens with zero attached hydrogens (tertiary/aromatic N) is 1. The van der Waals surface area contributed by atoms with E-state index in [4.69, 9.17) is 5.73 Å². The first-order valence-electron chi connectivity index (χ1n) is 12.0. The average molecular weight is 445 g/mol. The Hall–Kier alpha value is -2.43. The molecule has 166 valence electrons. The molecule has 3 heterocycles.